The van der Waals surface area contributed by atoms with Gasteiger partial charge in [0.05, 0.1) is 25.6 Å². The lowest BCUT2D eigenvalue weighted by Gasteiger charge is -2.14. The van der Waals surface area contributed by atoms with E-state index in [0.717, 1.165) is 0 Å². The van der Waals surface area contributed by atoms with Gasteiger partial charge in [-0.2, -0.15) is 10.2 Å². The first-order valence-electron chi connectivity index (χ1n) is 8.61. The van der Waals surface area contributed by atoms with E-state index in [1.54, 1.807) is 30.4 Å². The van der Waals surface area contributed by atoms with Crippen LogP contribution in [0.4, 0.5) is 16.3 Å². The van der Waals surface area contributed by atoms with Crippen molar-refractivity contribution in [2.24, 2.45) is 0 Å². The largest absolute Gasteiger partial charge is 0.497 e. The molecule has 0 unspecified atom stereocenters. The maximum Gasteiger partial charge on any atom is 0.325 e. The molecule has 0 saturated carbocycles. The molecule has 2 N–H and O–H groups in total. The van der Waals surface area contributed by atoms with Gasteiger partial charge in [-0.05, 0) is 18.6 Å². The Bertz CT molecular complexity index is 924. The Morgan fingerprint density at radius 2 is 2.10 bits per heavy atom. The molecule has 9 heteroatoms. The van der Waals surface area contributed by atoms with E-state index in [9.17, 15) is 4.79 Å². The maximum absolute atomic E-state index is 12.4. The minimum atomic E-state index is -0.585. The Balaban J connectivity index is 2.14. The van der Waals surface area contributed by atoms with Crippen molar-refractivity contribution in [1.82, 2.24) is 9.97 Å². The lowest BCUT2D eigenvalue weighted by atomic mass is 10.2. The van der Waals surface area contributed by atoms with Gasteiger partial charge in [-0.3, -0.25) is 5.32 Å². The average molecular weight is 395 g/mol. The van der Waals surface area contributed by atoms with Crippen molar-refractivity contribution in [1.29, 1.82) is 5.26 Å². The Morgan fingerprint density at radius 1 is 1.28 bits per heavy atom. The van der Waals surface area contributed by atoms with Crippen LogP contribution in [0.5, 0.6) is 17.4 Å². The van der Waals surface area contributed by atoms with Gasteiger partial charge in [0.15, 0.2) is 5.82 Å². The zero-order chi connectivity index (χ0) is 21.1. The molecule has 0 aliphatic carbocycles. The van der Waals surface area contributed by atoms with Gasteiger partial charge >= 0.3 is 6.03 Å². The van der Waals surface area contributed by atoms with E-state index in [1.165, 1.54) is 13.3 Å². The fourth-order valence-electron chi connectivity index (χ4n) is 2.13. The Kier molecular flexibility index (Phi) is 8.01. The highest BCUT2D eigenvalue weighted by Gasteiger charge is 2.13. The summed E-state index contributed by atoms with van der Waals surface area (Å²) in [5, 5.41) is 14.3. The van der Waals surface area contributed by atoms with Crippen molar-refractivity contribution in [3.63, 3.8) is 0 Å². The number of rotatable bonds is 10. The predicted octanol–water partition coefficient (Wildman–Crippen LogP) is 3.52. The summed E-state index contributed by atoms with van der Waals surface area (Å²) in [6.45, 7) is 7.76. The van der Waals surface area contributed by atoms with Gasteiger partial charge < -0.3 is 19.5 Å². The number of methoxy groups -OCH3 is 1. The number of hydrogen-bond donors (Lipinski definition) is 2. The van der Waals surface area contributed by atoms with Crippen molar-refractivity contribution in [2.45, 2.75) is 6.42 Å². The van der Waals surface area contributed by atoms with E-state index in [4.69, 9.17) is 19.5 Å². The van der Waals surface area contributed by atoms with E-state index in [2.05, 4.69) is 33.8 Å². The summed E-state index contributed by atoms with van der Waals surface area (Å²) >= 11 is 0. The molecule has 0 bridgehead atoms. The molecule has 1 aromatic carbocycles. The van der Waals surface area contributed by atoms with Crippen molar-refractivity contribution >= 4 is 17.5 Å². The van der Waals surface area contributed by atoms with E-state index in [1.807, 2.05) is 6.07 Å². The van der Waals surface area contributed by atoms with Gasteiger partial charge in [-0.1, -0.05) is 18.7 Å². The fourth-order valence-corrected chi connectivity index (χ4v) is 2.13. The fraction of sp³-hybridized carbons (Fsp3) is 0.200. The van der Waals surface area contributed by atoms with Gasteiger partial charge in [0.25, 0.3) is 5.88 Å². The minimum Gasteiger partial charge on any atom is -0.497 e. The second kappa shape index (κ2) is 10.9. The van der Waals surface area contributed by atoms with Crippen LogP contribution in [-0.4, -0.2) is 36.3 Å². The van der Waals surface area contributed by atoms with E-state index < -0.39 is 6.03 Å². The molecule has 1 aromatic heterocycles. The zero-order valence-corrected chi connectivity index (χ0v) is 16.0. The molecule has 2 aromatic rings. The summed E-state index contributed by atoms with van der Waals surface area (Å²) in [5.74, 6) is 1.14. The summed E-state index contributed by atoms with van der Waals surface area (Å²) in [7, 11) is 1.52. The van der Waals surface area contributed by atoms with Crippen LogP contribution in [0.15, 0.2) is 49.7 Å². The molecule has 2 amide bonds. The Morgan fingerprint density at radius 3 is 2.79 bits per heavy atom. The average Bonchev–Trinajstić information content (AvgIpc) is 2.73. The molecular weight excluding hydrogens is 374 g/mol. The van der Waals surface area contributed by atoms with Crippen LogP contribution >= 0.6 is 0 Å². The van der Waals surface area contributed by atoms with Crippen molar-refractivity contribution < 1.29 is 19.0 Å². The minimum absolute atomic E-state index is 0.0212. The number of urea groups is 1. The molecule has 0 atom stereocenters. The topological polar surface area (TPSA) is 118 Å². The molecule has 2 rings (SSSR count). The molecule has 150 valence electrons. The molecule has 0 spiro atoms. The first kappa shape index (κ1) is 21.2. The van der Waals surface area contributed by atoms with Gasteiger partial charge in [-0.25, -0.2) is 9.78 Å². The number of nitrogens with one attached hydrogen (secondary N) is 2. The summed E-state index contributed by atoms with van der Waals surface area (Å²) in [4.78, 5) is 20.5. The molecule has 0 radical (unpaired) electrons. The van der Waals surface area contributed by atoms with Crippen LogP contribution < -0.4 is 24.8 Å². The Hall–Kier alpha value is -4.06. The maximum atomic E-state index is 12.4. The number of hydrogen-bond acceptors (Lipinski definition) is 7. The van der Waals surface area contributed by atoms with Crippen molar-refractivity contribution in [2.75, 3.05) is 31.0 Å². The quantitative estimate of drug-likeness (QED) is 0.467. The number of nitriles is 1. The third kappa shape index (κ3) is 6.25. The first-order chi connectivity index (χ1) is 14.1. The number of nitrogens with zero attached hydrogens (tertiary/aromatic N) is 3. The number of aromatic nitrogens is 2. The number of anilines is 2. The normalized spacial score (nSPS) is 9.66. The SMILES string of the molecule is C=CCCOc1nc(NC(=O)Nc2cc(OC)ccc2OCC=C)cnc1C#N. The highest BCUT2D eigenvalue weighted by Crippen LogP contribution is 2.29. The molecule has 0 aliphatic heterocycles. The smallest absolute Gasteiger partial charge is 0.325 e. The molecule has 0 aliphatic rings. The monoisotopic (exact) mass is 395 g/mol. The summed E-state index contributed by atoms with van der Waals surface area (Å²) < 4.78 is 16.1. The third-order valence-electron chi connectivity index (χ3n) is 3.44. The highest BCUT2D eigenvalue weighted by atomic mass is 16.5. The van der Waals surface area contributed by atoms with Gasteiger partial charge in [-0.15, -0.1) is 6.58 Å². The van der Waals surface area contributed by atoms with E-state index in [0.29, 0.717) is 23.6 Å². The summed E-state index contributed by atoms with van der Waals surface area (Å²) in [6.07, 6.45) is 5.11. The summed E-state index contributed by atoms with van der Waals surface area (Å²) in [6, 6.07) is 6.30. The van der Waals surface area contributed by atoms with Gasteiger partial charge in [0, 0.05) is 6.07 Å². The van der Waals surface area contributed by atoms with Crippen molar-refractivity contribution in [3.8, 4) is 23.4 Å². The second-order valence-electron chi connectivity index (χ2n) is 5.49. The second-order valence-corrected chi connectivity index (χ2v) is 5.49. The Labute approximate surface area is 168 Å². The number of carbonyl (C=O) groups is 1. The van der Waals surface area contributed by atoms with Crippen LogP contribution in [0.2, 0.25) is 0 Å². The van der Waals surface area contributed by atoms with E-state index in [-0.39, 0.29) is 30.6 Å². The van der Waals surface area contributed by atoms with Crippen LogP contribution in [-0.2, 0) is 0 Å². The number of carbonyl (C=O) groups excluding carboxylic acids is 1. The van der Waals surface area contributed by atoms with Crippen LogP contribution in [0, 0.1) is 11.3 Å². The first-order valence-corrected chi connectivity index (χ1v) is 8.61. The van der Waals surface area contributed by atoms with Crippen molar-refractivity contribution in [3.05, 3.63) is 55.4 Å². The molecule has 1 heterocycles. The van der Waals surface area contributed by atoms with Crippen LogP contribution in [0.25, 0.3) is 0 Å². The lowest BCUT2D eigenvalue weighted by molar-refractivity contribution is 0.261. The molecule has 29 heavy (non-hydrogen) atoms. The lowest BCUT2D eigenvalue weighted by Crippen LogP contribution is -2.21. The summed E-state index contributed by atoms with van der Waals surface area (Å²) in [5.41, 5.74) is 0.417. The van der Waals surface area contributed by atoms with Crippen LogP contribution in [0.3, 0.4) is 0 Å². The number of amides is 2. The zero-order valence-electron chi connectivity index (χ0n) is 16.0. The molecular formula is C20H21N5O4. The molecule has 9 nitrogen and oxygen atoms in total. The van der Waals surface area contributed by atoms with Crippen LogP contribution in [0.1, 0.15) is 12.1 Å². The predicted molar refractivity (Wildman–Crippen MR) is 108 cm³/mol. The third-order valence-corrected chi connectivity index (χ3v) is 3.44. The number of benzene rings is 1. The molecule has 0 saturated heterocycles. The number of ether oxygens (including phenoxy) is 3. The van der Waals surface area contributed by atoms with Gasteiger partial charge in [0.2, 0.25) is 5.69 Å². The molecule has 0 fully saturated rings. The van der Waals surface area contributed by atoms with Gasteiger partial charge in [0.1, 0.15) is 24.2 Å². The standard InChI is InChI=1S/C20H21N5O4/c1-4-6-10-29-19-16(12-21)22-13-18(24-19)25-20(26)23-15-11-14(27-3)7-8-17(15)28-9-5-2/h4-5,7-8,11,13H,1-2,6,9-10H2,3H3,(H2,23,24,25,26). The highest BCUT2D eigenvalue weighted by molar-refractivity contribution is 6.00. The van der Waals surface area contributed by atoms with E-state index >= 15 is 0 Å².